The van der Waals surface area contributed by atoms with Gasteiger partial charge in [0.1, 0.15) is 0 Å². The highest BCUT2D eigenvalue weighted by molar-refractivity contribution is 7.95. The minimum Gasteiger partial charge on any atom is -0.394 e. The third-order valence-electron chi connectivity index (χ3n) is 2.99. The van der Waals surface area contributed by atoms with Crippen LogP contribution in [-0.2, 0) is 13.8 Å². The summed E-state index contributed by atoms with van der Waals surface area (Å²) in [5.74, 6) is 0.728. The van der Waals surface area contributed by atoms with Crippen LogP contribution in [0.2, 0.25) is 0 Å². The molecular formula is C12H21NO4S. The first-order chi connectivity index (χ1) is 8.69. The van der Waals surface area contributed by atoms with Crippen molar-refractivity contribution in [3.8, 4) is 0 Å². The first kappa shape index (κ1) is 15.5. The molecule has 1 N–H and O–H groups in total. The number of hydrogen-bond acceptors (Lipinski definition) is 6. The molecule has 0 amide bonds. The molecule has 0 aromatic carbocycles. The fourth-order valence-electron chi connectivity index (χ4n) is 1.91. The van der Waals surface area contributed by atoms with Crippen LogP contribution in [-0.4, -0.2) is 53.3 Å². The number of unbranched alkanes of at least 4 members (excludes halogenated alkanes) is 1. The van der Waals surface area contributed by atoms with Crippen molar-refractivity contribution in [1.82, 2.24) is 4.90 Å². The van der Waals surface area contributed by atoms with Gasteiger partial charge in [-0.1, -0.05) is 6.92 Å². The number of carbonyl (C=O) groups is 2. The molecule has 0 saturated carbocycles. The van der Waals surface area contributed by atoms with Gasteiger partial charge < -0.3 is 9.29 Å². The normalized spacial score (nSPS) is 20.3. The molecule has 104 valence electrons. The predicted octanol–water partition coefficient (Wildman–Crippen LogP) is 1.00. The Bertz CT molecular complexity index is 285. The average Bonchev–Trinajstić information content (AvgIpc) is 2.73. The van der Waals surface area contributed by atoms with E-state index >= 15 is 0 Å². The Hall–Kier alpha value is -0.590. The number of aliphatic hydroxyl groups excluding tert-OH is 1. The summed E-state index contributed by atoms with van der Waals surface area (Å²) in [4.78, 5) is 24.3. The zero-order valence-corrected chi connectivity index (χ0v) is 11.6. The van der Waals surface area contributed by atoms with Gasteiger partial charge in [-0.2, -0.15) is 0 Å². The maximum absolute atomic E-state index is 11.4. The third kappa shape index (κ3) is 4.96. The van der Waals surface area contributed by atoms with Crippen molar-refractivity contribution in [3.05, 3.63) is 0 Å². The second-order valence-corrected chi connectivity index (χ2v) is 5.10. The van der Waals surface area contributed by atoms with Crippen LogP contribution in [0.15, 0.2) is 0 Å². The lowest BCUT2D eigenvalue weighted by Gasteiger charge is -2.20. The summed E-state index contributed by atoms with van der Waals surface area (Å²) < 4.78 is 4.89. The Morgan fingerprint density at radius 2 is 2.33 bits per heavy atom. The molecule has 18 heavy (non-hydrogen) atoms. The van der Waals surface area contributed by atoms with Crippen LogP contribution in [0.5, 0.6) is 0 Å². The molecule has 0 unspecified atom stereocenters. The molecule has 0 aromatic heterocycles. The van der Waals surface area contributed by atoms with Gasteiger partial charge in [-0.15, -0.1) is 0 Å². The average molecular weight is 275 g/mol. The number of aliphatic hydroxyl groups is 1. The molecule has 0 aliphatic carbocycles. The van der Waals surface area contributed by atoms with Crippen molar-refractivity contribution in [3.63, 3.8) is 0 Å². The maximum Gasteiger partial charge on any atom is 0.317 e. The van der Waals surface area contributed by atoms with Crippen molar-refractivity contribution in [2.75, 3.05) is 25.4 Å². The van der Waals surface area contributed by atoms with E-state index in [1.165, 1.54) is 12.0 Å². The minimum atomic E-state index is -0.296. The van der Waals surface area contributed by atoms with Crippen LogP contribution in [0.25, 0.3) is 0 Å². The van der Waals surface area contributed by atoms with E-state index in [2.05, 4.69) is 0 Å². The molecule has 1 rings (SSSR count). The largest absolute Gasteiger partial charge is 0.394 e. The number of carbonyl (C=O) groups excluding carboxylic acids is 2. The molecule has 1 aliphatic heterocycles. The Morgan fingerprint density at radius 3 is 3.00 bits per heavy atom. The van der Waals surface area contributed by atoms with E-state index in [1.54, 1.807) is 6.92 Å². The first-order valence-electron chi connectivity index (χ1n) is 6.39. The second kappa shape index (κ2) is 8.50. The van der Waals surface area contributed by atoms with E-state index in [0.717, 1.165) is 31.7 Å². The Balaban J connectivity index is 2.04. The van der Waals surface area contributed by atoms with Crippen molar-refractivity contribution >= 4 is 23.8 Å². The Kier molecular flexibility index (Phi) is 7.31. The quantitative estimate of drug-likeness (QED) is 0.526. The molecular weight excluding hydrogens is 254 g/mol. The van der Waals surface area contributed by atoms with Gasteiger partial charge in [0.05, 0.1) is 24.7 Å². The summed E-state index contributed by atoms with van der Waals surface area (Å²) in [6.07, 6.45) is 2.83. The molecule has 1 aliphatic rings. The number of ketones is 1. The van der Waals surface area contributed by atoms with Crippen LogP contribution in [0.1, 0.15) is 32.6 Å². The van der Waals surface area contributed by atoms with Crippen molar-refractivity contribution < 1.29 is 18.9 Å². The number of Topliss-reactive ketones (excluding diaryl/α,β-unsaturated/α-hetero) is 1. The van der Waals surface area contributed by atoms with Gasteiger partial charge in [-0.25, -0.2) is 0 Å². The zero-order chi connectivity index (χ0) is 13.4. The third-order valence-corrected chi connectivity index (χ3v) is 3.75. The fraction of sp³-hybridized carbons (Fsp3) is 0.833. The SMILES string of the molecule is CCC(=O)OSCCCCN1CCC(=O)[C@H]1CO. The topological polar surface area (TPSA) is 66.8 Å². The number of nitrogens with zero attached hydrogens (tertiary/aromatic N) is 1. The summed E-state index contributed by atoms with van der Waals surface area (Å²) in [5, 5.41) is 9.11. The molecule has 1 atom stereocenters. The van der Waals surface area contributed by atoms with Gasteiger partial charge in [0.15, 0.2) is 5.78 Å². The highest BCUT2D eigenvalue weighted by Gasteiger charge is 2.30. The smallest absolute Gasteiger partial charge is 0.317 e. The van der Waals surface area contributed by atoms with Gasteiger partial charge in [-0.3, -0.25) is 14.5 Å². The Labute approximate surface area is 112 Å². The van der Waals surface area contributed by atoms with E-state index in [-0.39, 0.29) is 24.4 Å². The Morgan fingerprint density at radius 1 is 1.56 bits per heavy atom. The monoisotopic (exact) mass is 275 g/mol. The summed E-state index contributed by atoms with van der Waals surface area (Å²) in [7, 11) is 0. The van der Waals surface area contributed by atoms with Crippen LogP contribution >= 0.6 is 12.0 Å². The standard InChI is InChI=1S/C12H21NO4S/c1-2-12(16)17-18-8-4-3-6-13-7-5-11(15)10(13)9-14/h10,14H,2-9H2,1H3/t10-/m1/s1. The second-order valence-electron chi connectivity index (χ2n) is 4.29. The van der Waals surface area contributed by atoms with Crippen molar-refractivity contribution in [2.24, 2.45) is 0 Å². The molecule has 0 aromatic rings. The van der Waals surface area contributed by atoms with Gasteiger partial charge in [-0.05, 0) is 19.4 Å². The van der Waals surface area contributed by atoms with Gasteiger partial charge >= 0.3 is 5.97 Å². The summed E-state index contributed by atoms with van der Waals surface area (Å²) in [5.41, 5.74) is 0. The lowest BCUT2D eigenvalue weighted by Crippen LogP contribution is -2.36. The lowest BCUT2D eigenvalue weighted by molar-refractivity contribution is -0.132. The maximum atomic E-state index is 11.4. The molecule has 0 radical (unpaired) electrons. The molecule has 0 spiro atoms. The number of hydrogen-bond donors (Lipinski definition) is 1. The molecule has 1 saturated heterocycles. The van der Waals surface area contributed by atoms with E-state index in [4.69, 9.17) is 9.29 Å². The van der Waals surface area contributed by atoms with E-state index < -0.39 is 0 Å². The summed E-state index contributed by atoms with van der Waals surface area (Å²) in [6, 6.07) is -0.296. The van der Waals surface area contributed by atoms with E-state index in [1.807, 2.05) is 4.90 Å². The molecule has 1 heterocycles. The van der Waals surface area contributed by atoms with Gasteiger partial charge in [0.2, 0.25) is 0 Å². The molecule has 6 heteroatoms. The fourth-order valence-corrected chi connectivity index (χ4v) is 2.56. The molecule has 1 fully saturated rings. The molecule has 0 bridgehead atoms. The first-order valence-corrected chi connectivity index (χ1v) is 7.30. The summed E-state index contributed by atoms with van der Waals surface area (Å²) in [6.45, 7) is 3.26. The number of rotatable bonds is 8. The van der Waals surface area contributed by atoms with Crippen molar-refractivity contribution in [2.45, 2.75) is 38.6 Å². The van der Waals surface area contributed by atoms with Gasteiger partial charge in [0.25, 0.3) is 0 Å². The van der Waals surface area contributed by atoms with Crippen LogP contribution in [0.3, 0.4) is 0 Å². The van der Waals surface area contributed by atoms with Crippen molar-refractivity contribution in [1.29, 1.82) is 0 Å². The predicted molar refractivity (Wildman–Crippen MR) is 70.1 cm³/mol. The number of likely N-dealkylation sites (tertiary alicyclic amines) is 1. The minimum absolute atomic E-state index is 0.0817. The zero-order valence-electron chi connectivity index (χ0n) is 10.8. The highest BCUT2D eigenvalue weighted by Crippen LogP contribution is 2.15. The molecule has 5 nitrogen and oxygen atoms in total. The van der Waals surface area contributed by atoms with Crippen LogP contribution < -0.4 is 0 Å². The highest BCUT2D eigenvalue weighted by atomic mass is 32.2. The van der Waals surface area contributed by atoms with E-state index in [0.29, 0.717) is 12.8 Å². The van der Waals surface area contributed by atoms with Crippen LogP contribution in [0, 0.1) is 0 Å². The van der Waals surface area contributed by atoms with Crippen LogP contribution in [0.4, 0.5) is 0 Å². The lowest BCUT2D eigenvalue weighted by atomic mass is 10.2. The van der Waals surface area contributed by atoms with Gasteiger partial charge in [0, 0.05) is 25.1 Å². The summed E-state index contributed by atoms with van der Waals surface area (Å²) >= 11 is 1.19. The van der Waals surface area contributed by atoms with E-state index in [9.17, 15) is 9.59 Å².